The number of esters is 2. The van der Waals surface area contributed by atoms with Crippen LogP contribution in [0, 0.1) is 0 Å². The SMILES string of the molecule is CCCC/C=C/CCCCCCC(=O)OC(CO)COC(=O)CC/C=C/C/C=C/CCCCCCCC. The fraction of sp³-hybridized carbons (Fsp3) is 0.750. The van der Waals surface area contributed by atoms with Crippen molar-refractivity contribution < 1.29 is 24.2 Å². The van der Waals surface area contributed by atoms with Gasteiger partial charge in [-0.15, -0.1) is 0 Å². The van der Waals surface area contributed by atoms with Crippen LogP contribution in [0.1, 0.15) is 136 Å². The van der Waals surface area contributed by atoms with E-state index < -0.39 is 6.10 Å². The van der Waals surface area contributed by atoms with Crippen LogP contribution in [0.15, 0.2) is 36.5 Å². The predicted molar refractivity (Wildman–Crippen MR) is 154 cm³/mol. The van der Waals surface area contributed by atoms with Gasteiger partial charge in [0.05, 0.1) is 6.61 Å². The molecule has 5 heteroatoms. The van der Waals surface area contributed by atoms with E-state index in [0.717, 1.165) is 51.4 Å². The lowest BCUT2D eigenvalue weighted by Gasteiger charge is -2.15. The Kier molecular flexibility index (Phi) is 27.2. The van der Waals surface area contributed by atoms with E-state index >= 15 is 0 Å². The summed E-state index contributed by atoms with van der Waals surface area (Å²) < 4.78 is 10.4. The van der Waals surface area contributed by atoms with Crippen LogP contribution in [0.3, 0.4) is 0 Å². The van der Waals surface area contributed by atoms with Gasteiger partial charge in [0.25, 0.3) is 0 Å². The summed E-state index contributed by atoms with van der Waals surface area (Å²) in [6.45, 7) is 3.99. The molecule has 1 unspecified atom stereocenters. The minimum Gasteiger partial charge on any atom is -0.462 e. The molecule has 0 bridgehead atoms. The maximum absolute atomic E-state index is 12.0. The minimum atomic E-state index is -0.794. The molecule has 0 heterocycles. The second kappa shape index (κ2) is 28.7. The fourth-order valence-electron chi connectivity index (χ4n) is 3.82. The van der Waals surface area contributed by atoms with Crippen LogP contribution in [0.25, 0.3) is 0 Å². The zero-order chi connectivity index (χ0) is 27.2. The molecule has 0 saturated carbocycles. The quantitative estimate of drug-likeness (QED) is 0.0702. The van der Waals surface area contributed by atoms with Gasteiger partial charge in [0.1, 0.15) is 6.61 Å². The van der Waals surface area contributed by atoms with Crippen LogP contribution >= 0.6 is 0 Å². The summed E-state index contributed by atoms with van der Waals surface area (Å²) in [5, 5.41) is 9.44. The monoisotopic (exact) mass is 520 g/mol. The molecule has 37 heavy (non-hydrogen) atoms. The van der Waals surface area contributed by atoms with Crippen LogP contribution in [0.4, 0.5) is 0 Å². The van der Waals surface area contributed by atoms with Gasteiger partial charge in [0.2, 0.25) is 0 Å². The van der Waals surface area contributed by atoms with Crippen molar-refractivity contribution in [2.24, 2.45) is 0 Å². The number of allylic oxidation sites excluding steroid dienone is 6. The molecule has 0 aliphatic rings. The lowest BCUT2D eigenvalue weighted by atomic mass is 10.1. The van der Waals surface area contributed by atoms with Crippen LogP contribution < -0.4 is 0 Å². The van der Waals surface area contributed by atoms with Gasteiger partial charge in [-0.2, -0.15) is 0 Å². The summed E-state index contributed by atoms with van der Waals surface area (Å²) in [5.74, 6) is -0.691. The van der Waals surface area contributed by atoms with Gasteiger partial charge in [0, 0.05) is 12.8 Å². The van der Waals surface area contributed by atoms with Gasteiger partial charge in [-0.1, -0.05) is 108 Å². The first-order valence-electron chi connectivity index (χ1n) is 15.0. The topological polar surface area (TPSA) is 72.8 Å². The number of unbranched alkanes of at least 4 members (excludes halogenated alkanes) is 12. The van der Waals surface area contributed by atoms with E-state index in [1.54, 1.807) is 0 Å². The molecule has 0 spiro atoms. The summed E-state index contributed by atoms with van der Waals surface area (Å²) in [6.07, 6.45) is 32.1. The number of aliphatic hydroxyl groups is 1. The molecule has 0 aliphatic carbocycles. The van der Waals surface area contributed by atoms with Crippen LogP contribution in [0.5, 0.6) is 0 Å². The Morgan fingerprint density at radius 2 is 1.16 bits per heavy atom. The van der Waals surface area contributed by atoms with Gasteiger partial charge in [0.15, 0.2) is 6.10 Å². The van der Waals surface area contributed by atoms with E-state index in [-0.39, 0.29) is 31.6 Å². The second-order valence-electron chi connectivity index (χ2n) is 9.82. The lowest BCUT2D eigenvalue weighted by Crippen LogP contribution is -2.28. The number of aliphatic hydroxyl groups excluding tert-OH is 1. The van der Waals surface area contributed by atoms with Crippen molar-refractivity contribution in [1.29, 1.82) is 0 Å². The highest BCUT2D eigenvalue weighted by atomic mass is 16.6. The third-order valence-electron chi connectivity index (χ3n) is 6.17. The molecule has 0 aromatic heterocycles. The Balaban J connectivity index is 3.72. The van der Waals surface area contributed by atoms with Gasteiger partial charge in [-0.25, -0.2) is 0 Å². The highest BCUT2D eigenvalue weighted by Crippen LogP contribution is 2.09. The smallest absolute Gasteiger partial charge is 0.306 e. The van der Waals surface area contributed by atoms with Crippen molar-refractivity contribution in [2.45, 2.75) is 142 Å². The normalized spacial score (nSPS) is 12.6. The molecule has 1 N–H and O–H groups in total. The Bertz CT molecular complexity index is 608. The zero-order valence-electron chi connectivity index (χ0n) is 24.0. The number of carbonyl (C=O) groups excluding carboxylic acids is 2. The van der Waals surface area contributed by atoms with Crippen molar-refractivity contribution in [2.75, 3.05) is 13.2 Å². The molecule has 0 aliphatic heterocycles. The lowest BCUT2D eigenvalue weighted by molar-refractivity contribution is -0.161. The van der Waals surface area contributed by atoms with E-state index in [0.29, 0.717) is 12.8 Å². The van der Waals surface area contributed by atoms with Crippen molar-refractivity contribution in [1.82, 2.24) is 0 Å². The van der Waals surface area contributed by atoms with E-state index in [2.05, 4.69) is 44.2 Å². The first-order chi connectivity index (χ1) is 18.1. The van der Waals surface area contributed by atoms with Crippen molar-refractivity contribution >= 4 is 11.9 Å². The molecule has 0 aromatic rings. The summed E-state index contributed by atoms with van der Waals surface area (Å²) >= 11 is 0. The first kappa shape index (κ1) is 35.1. The number of carbonyl (C=O) groups is 2. The third kappa shape index (κ3) is 27.0. The Hall–Kier alpha value is -1.88. The van der Waals surface area contributed by atoms with E-state index in [9.17, 15) is 14.7 Å². The molecule has 0 saturated heterocycles. The number of hydrogen-bond acceptors (Lipinski definition) is 5. The molecular formula is C32H56O5. The number of ether oxygens (including phenoxy) is 2. The predicted octanol–water partition coefficient (Wildman–Crippen LogP) is 8.55. The summed E-state index contributed by atoms with van der Waals surface area (Å²) in [5.41, 5.74) is 0. The van der Waals surface area contributed by atoms with Crippen LogP contribution in [0.2, 0.25) is 0 Å². The molecule has 0 radical (unpaired) electrons. The summed E-state index contributed by atoms with van der Waals surface area (Å²) in [7, 11) is 0. The average Bonchev–Trinajstić information content (AvgIpc) is 2.90. The van der Waals surface area contributed by atoms with Gasteiger partial charge < -0.3 is 14.6 Å². The molecule has 5 nitrogen and oxygen atoms in total. The number of rotatable bonds is 26. The minimum absolute atomic E-state index is 0.101. The summed E-state index contributed by atoms with van der Waals surface area (Å²) in [6, 6.07) is 0. The van der Waals surface area contributed by atoms with E-state index in [1.807, 2.05) is 6.08 Å². The fourth-order valence-corrected chi connectivity index (χ4v) is 3.82. The van der Waals surface area contributed by atoms with Crippen molar-refractivity contribution in [3.63, 3.8) is 0 Å². The highest BCUT2D eigenvalue weighted by Gasteiger charge is 2.15. The molecule has 0 rings (SSSR count). The standard InChI is InChI=1S/C32H56O5/c1-3-5-7-9-11-13-15-16-17-19-20-22-24-26-31(34)36-29-30(28-33)37-32(35)27-25-23-21-18-14-12-10-8-6-4-2/h10,12,16-17,20,22,30,33H,3-9,11,13-15,18-19,21,23-29H2,1-2H3/b12-10+,17-16+,22-20+. The van der Waals surface area contributed by atoms with Crippen LogP contribution in [-0.2, 0) is 19.1 Å². The van der Waals surface area contributed by atoms with Gasteiger partial charge in [-0.05, 0) is 51.4 Å². The van der Waals surface area contributed by atoms with E-state index in [4.69, 9.17) is 9.47 Å². The molecule has 1 atom stereocenters. The molecule has 0 aromatic carbocycles. The van der Waals surface area contributed by atoms with E-state index in [1.165, 1.54) is 51.4 Å². The van der Waals surface area contributed by atoms with Gasteiger partial charge >= 0.3 is 11.9 Å². The first-order valence-corrected chi connectivity index (χ1v) is 15.0. The van der Waals surface area contributed by atoms with Crippen molar-refractivity contribution in [3.8, 4) is 0 Å². The summed E-state index contributed by atoms with van der Waals surface area (Å²) in [4.78, 5) is 23.9. The second-order valence-corrected chi connectivity index (χ2v) is 9.82. The maximum Gasteiger partial charge on any atom is 0.306 e. The zero-order valence-corrected chi connectivity index (χ0v) is 24.0. The third-order valence-corrected chi connectivity index (χ3v) is 6.17. The maximum atomic E-state index is 12.0. The molecule has 214 valence electrons. The average molecular weight is 521 g/mol. The Morgan fingerprint density at radius 1 is 0.622 bits per heavy atom. The van der Waals surface area contributed by atoms with Gasteiger partial charge in [-0.3, -0.25) is 9.59 Å². The Labute approximate surface area is 227 Å². The largest absolute Gasteiger partial charge is 0.462 e. The highest BCUT2D eigenvalue weighted by molar-refractivity contribution is 5.70. The number of hydrogen-bond donors (Lipinski definition) is 1. The van der Waals surface area contributed by atoms with Crippen LogP contribution in [-0.4, -0.2) is 36.4 Å². The molecule has 0 amide bonds. The molecule has 0 fully saturated rings. The molecular weight excluding hydrogens is 464 g/mol. The van der Waals surface area contributed by atoms with Crippen molar-refractivity contribution in [3.05, 3.63) is 36.5 Å². The Morgan fingerprint density at radius 3 is 1.81 bits per heavy atom.